The Morgan fingerprint density at radius 1 is 0.406 bits per heavy atom. The number of anilines is 7. The van der Waals surface area contributed by atoms with Gasteiger partial charge in [0.05, 0.1) is 53.3 Å². The maximum Gasteiger partial charge on any atom is 0.323 e. The maximum atomic E-state index is 13.6. The molecule has 1 unspecified atom stereocenters. The molecule has 0 aliphatic carbocycles. The first-order chi connectivity index (χ1) is 50.2. The lowest BCUT2D eigenvalue weighted by Gasteiger charge is -2.28. The number of hydrogen-bond acceptors (Lipinski definition) is 18. The van der Waals surface area contributed by atoms with Crippen molar-refractivity contribution in [2.45, 2.75) is 31.7 Å². The van der Waals surface area contributed by atoms with E-state index < -0.39 is 109 Å². The third-order valence-electron chi connectivity index (χ3n) is 16.3. The molecular weight excluding hydrogens is 1390 g/mol. The van der Waals surface area contributed by atoms with Gasteiger partial charge in [0.25, 0.3) is 47.3 Å². The normalized spacial score (nSPS) is 11.3. The van der Waals surface area contributed by atoms with Gasteiger partial charge in [0, 0.05) is 158 Å². The third-order valence-corrected chi connectivity index (χ3v) is 16.3. The molecule has 11 amide bonds. The van der Waals surface area contributed by atoms with Crippen LogP contribution in [0.25, 0.3) is 0 Å². The molecule has 0 aromatic carbocycles. The number of amides is 11. The van der Waals surface area contributed by atoms with E-state index in [9.17, 15) is 72.2 Å². The number of carbonyl (C=O) groups is 14. The highest BCUT2D eigenvalue weighted by molar-refractivity contribution is 6.10. The molecule has 40 nitrogen and oxygen atoms in total. The fourth-order valence-corrected chi connectivity index (χ4v) is 11.1. The van der Waals surface area contributed by atoms with Crippen LogP contribution in [0.15, 0.2) is 92.2 Å². The maximum absolute atomic E-state index is 13.6. The summed E-state index contributed by atoms with van der Waals surface area (Å²) in [5.74, 6) is -9.78. The second-order valence-corrected chi connectivity index (χ2v) is 24.5. The molecule has 0 saturated carbocycles. The lowest BCUT2D eigenvalue weighted by molar-refractivity contribution is -0.146. The van der Waals surface area contributed by atoms with Crippen molar-refractivity contribution in [3.05, 3.63) is 138 Å². The molecule has 0 spiro atoms. The fourth-order valence-electron chi connectivity index (χ4n) is 11.1. The van der Waals surface area contributed by atoms with Gasteiger partial charge in [0.15, 0.2) is 11.6 Å². The molecule has 0 radical (unpaired) electrons. The molecule has 0 fully saturated rings. The standard InChI is InChI=1S/C66H81N23O17/c1-67-43(66(106)89(36-55(96)97)20-19-88(34-53(92)93)35-54(94)95)12-15-68-51(90)13-16-71-59(99)45-22-38(28-81(45)3)73-61(101)47-25-40(30-84(47)6)75-62(102)48-24-39(29-85(48)7)74-60(100)46-21-37(27-83(46)5)72-52(91)11-10-14-70-58(98)44-23-41(31-82(44)4)77-65(105)57-78-50(33-87(57)9)79-63(103)49-26-42(32-86(49)8)76-64(104)56-69-17-18-80(56)2/h17-18,21-33,43,67H,10-16,19-20,34-36H2,1-9H3,(H,68,90)(H,70,98)(H,71,99)(H,72,91)(H,73,101)(H,74,100)(H,75,102)(H,76,104)(H,77,105)(H,79,103)(H,92,93)(H,94,95)(H,96,97). The van der Waals surface area contributed by atoms with Crippen LogP contribution in [0.5, 0.6) is 0 Å². The van der Waals surface area contributed by atoms with Gasteiger partial charge in [-0.2, -0.15) is 0 Å². The van der Waals surface area contributed by atoms with Crippen molar-refractivity contribution in [1.82, 2.24) is 77.6 Å². The summed E-state index contributed by atoms with van der Waals surface area (Å²) in [6.45, 7) is -2.62. The van der Waals surface area contributed by atoms with E-state index in [0.717, 1.165) is 9.80 Å². The first-order valence-electron chi connectivity index (χ1n) is 32.6. The Hall–Kier alpha value is -13.4. The van der Waals surface area contributed by atoms with Crippen LogP contribution >= 0.6 is 0 Å². The van der Waals surface area contributed by atoms with Gasteiger partial charge in [0.2, 0.25) is 23.5 Å². The molecule has 0 bridgehead atoms. The van der Waals surface area contributed by atoms with Crippen molar-refractivity contribution in [2.24, 2.45) is 56.4 Å². The smallest absolute Gasteiger partial charge is 0.323 e. The van der Waals surface area contributed by atoms with Gasteiger partial charge in [-0.1, -0.05) is 0 Å². The molecule has 14 N–H and O–H groups in total. The van der Waals surface area contributed by atoms with Crippen LogP contribution in [-0.4, -0.2) is 220 Å². The molecular formula is C66H81N23O17. The number of nitrogens with zero attached hydrogens (tertiary/aromatic N) is 12. The quantitative estimate of drug-likeness (QED) is 0.0237. The summed E-state index contributed by atoms with van der Waals surface area (Å²) in [6, 6.07) is 7.73. The number of carbonyl (C=O) groups excluding carboxylic acids is 11. The lowest BCUT2D eigenvalue weighted by Crippen LogP contribution is -2.51. The summed E-state index contributed by atoms with van der Waals surface area (Å²) >= 11 is 0. The van der Waals surface area contributed by atoms with Crippen molar-refractivity contribution in [3.63, 3.8) is 0 Å². The minimum absolute atomic E-state index is 0.00130. The summed E-state index contributed by atoms with van der Waals surface area (Å²) in [5.41, 5.74) is 2.67. The van der Waals surface area contributed by atoms with E-state index in [-0.39, 0.29) is 133 Å². The molecule has 8 aromatic heterocycles. The number of rotatable bonds is 36. The molecule has 8 heterocycles. The van der Waals surface area contributed by atoms with E-state index in [1.165, 1.54) is 113 Å². The van der Waals surface area contributed by atoms with Gasteiger partial charge in [-0.25, -0.2) is 9.97 Å². The molecule has 40 heteroatoms. The van der Waals surface area contributed by atoms with Crippen molar-refractivity contribution in [1.29, 1.82) is 0 Å². The number of likely N-dealkylation sites (N-methyl/N-ethyl adjacent to an activating group) is 1. The van der Waals surface area contributed by atoms with Crippen LogP contribution in [0.1, 0.15) is 110 Å². The lowest BCUT2D eigenvalue weighted by atomic mass is 10.1. The van der Waals surface area contributed by atoms with Crippen LogP contribution in [0.4, 0.5) is 39.9 Å². The molecule has 0 saturated heterocycles. The summed E-state index contributed by atoms with van der Waals surface area (Å²) < 4.78 is 11.9. The monoisotopic (exact) mass is 1470 g/mol. The zero-order chi connectivity index (χ0) is 77.4. The topological polar surface area (TPSA) is 504 Å². The molecule has 8 rings (SSSR count). The number of aromatic nitrogens is 10. The molecule has 0 aliphatic rings. The van der Waals surface area contributed by atoms with Gasteiger partial charge in [-0.05, 0) is 56.3 Å². The Labute approximate surface area is 603 Å². The first kappa shape index (κ1) is 78.3. The van der Waals surface area contributed by atoms with E-state index in [2.05, 4.69) is 68.5 Å². The average molecular weight is 1470 g/mol. The summed E-state index contributed by atoms with van der Waals surface area (Å²) in [5, 5.41) is 57.5. The van der Waals surface area contributed by atoms with E-state index >= 15 is 0 Å². The van der Waals surface area contributed by atoms with Crippen molar-refractivity contribution in [2.75, 3.05) is 96.6 Å². The summed E-state index contributed by atoms with van der Waals surface area (Å²) in [4.78, 5) is 190. The average Bonchev–Trinajstić information content (AvgIpc) is 1.68. The highest BCUT2D eigenvalue weighted by atomic mass is 16.4. The zero-order valence-electron chi connectivity index (χ0n) is 59.1. The van der Waals surface area contributed by atoms with Gasteiger partial charge in [-0.3, -0.25) is 72.0 Å². The Balaban J connectivity index is 0.730. The minimum Gasteiger partial charge on any atom is -0.480 e. The molecule has 1 atom stereocenters. The number of aliphatic carboxylic acids is 3. The minimum atomic E-state index is -1.36. The second-order valence-electron chi connectivity index (χ2n) is 24.5. The largest absolute Gasteiger partial charge is 0.480 e. The zero-order valence-corrected chi connectivity index (χ0v) is 59.1. The van der Waals surface area contributed by atoms with Gasteiger partial charge >= 0.3 is 17.9 Å². The third kappa shape index (κ3) is 20.9. The van der Waals surface area contributed by atoms with E-state index in [1.54, 1.807) is 79.5 Å². The van der Waals surface area contributed by atoms with Crippen molar-refractivity contribution in [3.8, 4) is 0 Å². The van der Waals surface area contributed by atoms with Crippen molar-refractivity contribution >= 4 is 123 Å². The number of hydrogen-bond donors (Lipinski definition) is 14. The SMILES string of the molecule is CNC(CCNC(=O)CCNC(=O)c1cc(NC(=O)c2cc(NC(=O)c3cc(NC(=O)c4cc(NC(=O)CCCNC(=O)c5cc(NC(=O)c6nc(NC(=O)c7cc(NC(=O)c8nccn8C)cn7C)cn6C)cn5C)cn4C)cn3C)cn2C)cn1C)C(=O)N(CCN(CC(=O)O)CC(=O)O)CC(=O)O. The Morgan fingerprint density at radius 2 is 0.802 bits per heavy atom. The van der Waals surface area contributed by atoms with Gasteiger partial charge in [0.1, 0.15) is 40.7 Å². The van der Waals surface area contributed by atoms with Crippen LogP contribution in [-0.2, 0) is 85.1 Å². The summed E-state index contributed by atoms with van der Waals surface area (Å²) in [6.07, 6.45) is 13.8. The van der Waals surface area contributed by atoms with E-state index in [1.807, 2.05) is 0 Å². The predicted molar refractivity (Wildman–Crippen MR) is 380 cm³/mol. The first-order valence-corrected chi connectivity index (χ1v) is 32.6. The van der Waals surface area contributed by atoms with Crippen LogP contribution in [0, 0.1) is 0 Å². The number of imidazole rings is 2. The highest BCUT2D eigenvalue weighted by Gasteiger charge is 2.28. The van der Waals surface area contributed by atoms with Gasteiger partial charge < -0.3 is 115 Å². The Bertz CT molecular complexity index is 4690. The van der Waals surface area contributed by atoms with Crippen LogP contribution in [0.2, 0.25) is 0 Å². The van der Waals surface area contributed by atoms with E-state index in [4.69, 9.17) is 10.2 Å². The highest BCUT2D eigenvalue weighted by Crippen LogP contribution is 2.23. The van der Waals surface area contributed by atoms with Crippen LogP contribution < -0.4 is 58.5 Å². The number of carboxylic acid groups (broad SMARTS) is 3. The Kier molecular flexibility index (Phi) is 25.9. The summed E-state index contributed by atoms with van der Waals surface area (Å²) in [7, 11) is 14.3. The molecule has 8 aromatic rings. The number of aryl methyl sites for hydroxylation is 8. The predicted octanol–water partition coefficient (Wildman–Crippen LogP) is 0.446. The van der Waals surface area contributed by atoms with Gasteiger partial charge in [-0.15, -0.1) is 0 Å². The molecule has 562 valence electrons. The van der Waals surface area contributed by atoms with Crippen molar-refractivity contribution < 1.29 is 82.4 Å². The number of nitrogens with one attached hydrogen (secondary N) is 11. The molecule has 106 heavy (non-hydrogen) atoms. The fraction of sp³-hybridized carbons (Fsp3) is 0.333. The molecule has 0 aliphatic heterocycles. The van der Waals surface area contributed by atoms with E-state index in [0.29, 0.717) is 11.4 Å². The number of carboxylic acids is 3. The van der Waals surface area contributed by atoms with Crippen LogP contribution in [0.3, 0.4) is 0 Å². The Morgan fingerprint density at radius 3 is 1.22 bits per heavy atom. The second kappa shape index (κ2) is 35.0.